The lowest BCUT2D eigenvalue weighted by Gasteiger charge is -2.12. The van der Waals surface area contributed by atoms with Gasteiger partial charge >= 0.3 is 0 Å². The van der Waals surface area contributed by atoms with E-state index < -0.39 is 0 Å². The van der Waals surface area contributed by atoms with Crippen molar-refractivity contribution in [3.8, 4) is 0 Å². The van der Waals surface area contributed by atoms with Crippen LogP contribution in [-0.4, -0.2) is 11.1 Å². The first-order chi connectivity index (χ1) is 9.20. The Morgan fingerprint density at radius 2 is 2.05 bits per heavy atom. The van der Waals surface area contributed by atoms with E-state index in [1.54, 1.807) is 11.3 Å². The Hall–Kier alpha value is -1.10. The molecule has 19 heavy (non-hydrogen) atoms. The largest absolute Gasteiger partial charge is 0.350 e. The Morgan fingerprint density at radius 1 is 1.26 bits per heavy atom. The predicted molar refractivity (Wildman–Crippen MR) is 85.8 cm³/mol. The van der Waals surface area contributed by atoms with E-state index >= 15 is 0 Å². The van der Waals surface area contributed by atoms with Crippen LogP contribution in [0.1, 0.15) is 16.4 Å². The highest BCUT2D eigenvalue weighted by molar-refractivity contribution is 9.11. The second-order valence-electron chi connectivity index (χ2n) is 4.64. The molecule has 2 N–H and O–H groups in total. The normalized spacial score (nSPS) is 13.0. The summed E-state index contributed by atoms with van der Waals surface area (Å²) in [6.45, 7) is 0.626. The van der Waals surface area contributed by atoms with Gasteiger partial charge in [0.25, 0.3) is 0 Å². The van der Waals surface area contributed by atoms with Crippen molar-refractivity contribution < 1.29 is 0 Å². The molecule has 2 nitrogen and oxygen atoms in total. The first-order valence-corrected chi connectivity index (χ1v) is 7.81. The van der Waals surface area contributed by atoms with Crippen LogP contribution in [-0.2, 0) is 7.05 Å². The van der Waals surface area contributed by atoms with Gasteiger partial charge in [-0.05, 0) is 39.7 Å². The topological polar surface area (TPSA) is 30.9 Å². The Balaban J connectivity index is 2.16. The number of aromatic nitrogens is 1. The molecule has 2 heterocycles. The first-order valence-electron chi connectivity index (χ1n) is 6.20. The Labute approximate surface area is 125 Å². The number of thiophene rings is 1. The number of hydrogen-bond acceptors (Lipinski definition) is 2. The molecule has 0 bridgehead atoms. The fraction of sp³-hybridized carbons (Fsp3) is 0.200. The zero-order valence-electron chi connectivity index (χ0n) is 10.6. The summed E-state index contributed by atoms with van der Waals surface area (Å²) in [5.74, 6) is 0.266. The van der Waals surface area contributed by atoms with Crippen LogP contribution in [0.2, 0.25) is 0 Å². The molecule has 0 amide bonds. The van der Waals surface area contributed by atoms with Crippen LogP contribution in [0.15, 0.2) is 46.4 Å². The summed E-state index contributed by atoms with van der Waals surface area (Å²) in [6, 6.07) is 12.7. The lowest BCUT2D eigenvalue weighted by atomic mass is 9.97. The van der Waals surface area contributed by atoms with Gasteiger partial charge in [0, 0.05) is 41.5 Å². The lowest BCUT2D eigenvalue weighted by Crippen LogP contribution is -2.12. The van der Waals surface area contributed by atoms with Crippen LogP contribution >= 0.6 is 27.3 Å². The van der Waals surface area contributed by atoms with Gasteiger partial charge in [0.15, 0.2) is 0 Å². The Bertz CT molecular complexity index is 714. The maximum absolute atomic E-state index is 6.03. The molecule has 0 spiro atoms. The van der Waals surface area contributed by atoms with Gasteiger partial charge in [-0.15, -0.1) is 11.3 Å². The monoisotopic (exact) mass is 334 g/mol. The first kappa shape index (κ1) is 12.9. The molecule has 0 radical (unpaired) electrons. The van der Waals surface area contributed by atoms with Crippen LogP contribution in [0.3, 0.4) is 0 Å². The molecule has 0 fully saturated rings. The van der Waals surface area contributed by atoms with Crippen molar-refractivity contribution in [3.63, 3.8) is 0 Å². The molecular weight excluding hydrogens is 320 g/mol. The SMILES string of the molecule is Cn1cc(C(CN)c2ccc(Br)s2)c2ccccc21. The summed E-state index contributed by atoms with van der Waals surface area (Å²) in [7, 11) is 2.09. The molecule has 0 aliphatic carbocycles. The third kappa shape index (κ3) is 2.24. The van der Waals surface area contributed by atoms with Gasteiger partial charge in [0.2, 0.25) is 0 Å². The summed E-state index contributed by atoms with van der Waals surface area (Å²) in [4.78, 5) is 1.31. The van der Waals surface area contributed by atoms with Crippen LogP contribution in [0.4, 0.5) is 0 Å². The molecule has 3 rings (SSSR count). The lowest BCUT2D eigenvalue weighted by molar-refractivity contribution is 0.831. The average molecular weight is 335 g/mol. The standard InChI is InChI=1S/C15H15BrN2S/c1-18-9-12(10-4-2-3-5-13(10)18)11(8-17)14-6-7-15(16)19-14/h2-7,9,11H,8,17H2,1H3. The van der Waals surface area contributed by atoms with E-state index in [4.69, 9.17) is 5.73 Å². The van der Waals surface area contributed by atoms with Crippen molar-refractivity contribution in [3.05, 3.63) is 56.8 Å². The number of fused-ring (bicyclic) bond motifs is 1. The van der Waals surface area contributed by atoms with E-state index in [2.05, 4.69) is 70.1 Å². The highest BCUT2D eigenvalue weighted by Gasteiger charge is 2.19. The van der Waals surface area contributed by atoms with Gasteiger partial charge in [-0.25, -0.2) is 0 Å². The third-order valence-electron chi connectivity index (χ3n) is 3.48. The minimum atomic E-state index is 0.266. The molecule has 98 valence electrons. The molecule has 1 aromatic carbocycles. The number of para-hydroxylation sites is 1. The number of halogens is 1. The zero-order chi connectivity index (χ0) is 13.4. The van der Waals surface area contributed by atoms with Gasteiger partial charge in [-0.1, -0.05) is 18.2 Å². The highest BCUT2D eigenvalue weighted by atomic mass is 79.9. The molecule has 2 aromatic heterocycles. The number of hydrogen-bond donors (Lipinski definition) is 1. The summed E-state index contributed by atoms with van der Waals surface area (Å²) in [5, 5.41) is 1.30. The molecule has 3 aromatic rings. The summed E-state index contributed by atoms with van der Waals surface area (Å²) in [5.41, 5.74) is 8.60. The maximum Gasteiger partial charge on any atom is 0.0701 e. The fourth-order valence-electron chi connectivity index (χ4n) is 2.56. The molecule has 0 aliphatic rings. The van der Waals surface area contributed by atoms with Gasteiger partial charge < -0.3 is 10.3 Å². The van der Waals surface area contributed by atoms with Crippen molar-refractivity contribution >= 4 is 38.2 Å². The minimum absolute atomic E-state index is 0.266. The molecule has 0 aliphatic heterocycles. The third-order valence-corrected chi connectivity index (χ3v) is 5.21. The van der Waals surface area contributed by atoms with E-state index in [1.165, 1.54) is 21.3 Å². The van der Waals surface area contributed by atoms with E-state index in [9.17, 15) is 0 Å². The Kier molecular flexibility index (Phi) is 3.48. The van der Waals surface area contributed by atoms with Gasteiger partial charge in [0.1, 0.15) is 0 Å². The number of benzene rings is 1. The van der Waals surface area contributed by atoms with Gasteiger partial charge in [-0.2, -0.15) is 0 Å². The molecule has 0 saturated carbocycles. The van der Waals surface area contributed by atoms with Crippen molar-refractivity contribution in [1.82, 2.24) is 4.57 Å². The van der Waals surface area contributed by atoms with Crippen molar-refractivity contribution in [2.75, 3.05) is 6.54 Å². The number of aryl methyl sites for hydroxylation is 1. The molecular formula is C15H15BrN2S. The van der Waals surface area contributed by atoms with Crippen LogP contribution < -0.4 is 5.73 Å². The highest BCUT2D eigenvalue weighted by Crippen LogP contribution is 2.36. The number of nitrogens with two attached hydrogens (primary N) is 1. The van der Waals surface area contributed by atoms with Crippen molar-refractivity contribution in [2.45, 2.75) is 5.92 Å². The summed E-state index contributed by atoms with van der Waals surface area (Å²) < 4.78 is 3.33. The fourth-order valence-corrected chi connectivity index (χ4v) is 4.12. The summed E-state index contributed by atoms with van der Waals surface area (Å²) >= 11 is 5.29. The summed E-state index contributed by atoms with van der Waals surface area (Å²) in [6.07, 6.45) is 2.20. The van der Waals surface area contributed by atoms with E-state index in [-0.39, 0.29) is 5.92 Å². The molecule has 1 atom stereocenters. The van der Waals surface area contributed by atoms with Crippen molar-refractivity contribution in [1.29, 1.82) is 0 Å². The van der Waals surface area contributed by atoms with Crippen LogP contribution in [0, 0.1) is 0 Å². The van der Waals surface area contributed by atoms with Crippen LogP contribution in [0.25, 0.3) is 10.9 Å². The van der Waals surface area contributed by atoms with E-state index in [0.29, 0.717) is 6.54 Å². The van der Waals surface area contributed by atoms with Crippen molar-refractivity contribution in [2.24, 2.45) is 12.8 Å². The molecule has 0 saturated heterocycles. The zero-order valence-corrected chi connectivity index (χ0v) is 13.0. The maximum atomic E-state index is 6.03. The number of rotatable bonds is 3. The van der Waals surface area contributed by atoms with Gasteiger partial charge in [0.05, 0.1) is 3.79 Å². The average Bonchev–Trinajstić information content (AvgIpc) is 2.97. The van der Waals surface area contributed by atoms with Crippen LogP contribution in [0.5, 0.6) is 0 Å². The smallest absolute Gasteiger partial charge is 0.0701 e. The second kappa shape index (κ2) is 5.12. The van der Waals surface area contributed by atoms with Gasteiger partial charge in [-0.3, -0.25) is 0 Å². The Morgan fingerprint density at radius 3 is 2.74 bits per heavy atom. The quantitative estimate of drug-likeness (QED) is 0.768. The molecule has 1 unspecified atom stereocenters. The predicted octanol–water partition coefficient (Wildman–Crippen LogP) is 4.09. The number of nitrogens with zero attached hydrogens (tertiary/aromatic N) is 1. The second-order valence-corrected chi connectivity index (χ2v) is 7.14. The van der Waals surface area contributed by atoms with E-state index in [1.807, 2.05) is 0 Å². The van der Waals surface area contributed by atoms with E-state index in [0.717, 1.165) is 3.79 Å². The molecule has 4 heteroatoms. The minimum Gasteiger partial charge on any atom is -0.350 e.